The van der Waals surface area contributed by atoms with Crippen LogP contribution in [0.25, 0.3) is 5.57 Å². The molecule has 0 radical (unpaired) electrons. The van der Waals surface area contributed by atoms with Crippen LogP contribution >= 0.6 is 0 Å². The second kappa shape index (κ2) is 5.46. The van der Waals surface area contributed by atoms with E-state index in [-0.39, 0.29) is 0 Å². The molecule has 1 fully saturated rings. The van der Waals surface area contributed by atoms with Crippen molar-refractivity contribution in [3.05, 3.63) is 36.3 Å². The number of aromatic nitrogens is 3. The Balaban J connectivity index is 1.68. The van der Waals surface area contributed by atoms with Gasteiger partial charge in [-0.25, -0.2) is 4.98 Å². The highest BCUT2D eigenvalue weighted by Crippen LogP contribution is 2.39. The summed E-state index contributed by atoms with van der Waals surface area (Å²) in [5, 5.41) is 4.74. The van der Waals surface area contributed by atoms with Crippen LogP contribution in [0.4, 0.5) is 5.82 Å². The number of rotatable bonds is 4. The van der Waals surface area contributed by atoms with Gasteiger partial charge in [0.05, 0.1) is 25.5 Å². The van der Waals surface area contributed by atoms with Crippen molar-refractivity contribution in [2.45, 2.75) is 25.3 Å². The quantitative estimate of drug-likeness (QED) is 0.939. The minimum absolute atomic E-state index is 0.443. The van der Waals surface area contributed by atoms with Crippen LogP contribution in [-0.4, -0.2) is 28.0 Å². The van der Waals surface area contributed by atoms with Crippen LogP contribution in [0.5, 0.6) is 11.5 Å². The van der Waals surface area contributed by atoms with Gasteiger partial charge in [-0.1, -0.05) is 6.08 Å². The summed E-state index contributed by atoms with van der Waals surface area (Å²) in [7, 11) is 0. The topological polar surface area (TPSA) is 75.2 Å². The third-order valence-electron chi connectivity index (χ3n) is 3.87. The summed E-state index contributed by atoms with van der Waals surface area (Å²) in [6, 6.07) is 4.03. The SMILES string of the molecule is Nc1cc(Oc2cn(C3CC3)nc2C2=CCOCC2)ccn1. The van der Waals surface area contributed by atoms with Crippen molar-refractivity contribution in [2.75, 3.05) is 18.9 Å². The molecular formula is C16H18N4O2. The molecule has 0 saturated heterocycles. The fourth-order valence-corrected chi connectivity index (χ4v) is 2.56. The molecule has 22 heavy (non-hydrogen) atoms. The van der Waals surface area contributed by atoms with E-state index in [2.05, 4.69) is 11.1 Å². The smallest absolute Gasteiger partial charge is 0.172 e. The van der Waals surface area contributed by atoms with E-state index in [0.717, 1.165) is 24.5 Å². The number of hydrogen-bond acceptors (Lipinski definition) is 5. The van der Waals surface area contributed by atoms with E-state index < -0.39 is 0 Å². The van der Waals surface area contributed by atoms with Gasteiger partial charge in [0.2, 0.25) is 0 Å². The number of ether oxygens (including phenoxy) is 2. The molecule has 6 nitrogen and oxygen atoms in total. The van der Waals surface area contributed by atoms with Crippen LogP contribution in [0.3, 0.4) is 0 Å². The number of pyridine rings is 1. The van der Waals surface area contributed by atoms with Crippen molar-refractivity contribution < 1.29 is 9.47 Å². The van der Waals surface area contributed by atoms with Crippen molar-refractivity contribution in [1.82, 2.24) is 14.8 Å². The van der Waals surface area contributed by atoms with Gasteiger partial charge in [0, 0.05) is 12.3 Å². The average molecular weight is 298 g/mol. The van der Waals surface area contributed by atoms with Crippen LogP contribution < -0.4 is 10.5 Å². The summed E-state index contributed by atoms with van der Waals surface area (Å²) < 4.78 is 13.4. The number of anilines is 1. The first kappa shape index (κ1) is 13.3. The number of nitrogens with two attached hydrogens (primary N) is 1. The van der Waals surface area contributed by atoms with Crippen molar-refractivity contribution in [1.29, 1.82) is 0 Å². The second-order valence-electron chi connectivity index (χ2n) is 5.63. The lowest BCUT2D eigenvalue weighted by Gasteiger charge is -2.13. The molecule has 0 aromatic carbocycles. The monoisotopic (exact) mass is 298 g/mol. The largest absolute Gasteiger partial charge is 0.453 e. The molecule has 2 aliphatic rings. The summed E-state index contributed by atoms with van der Waals surface area (Å²) in [5.74, 6) is 1.89. The lowest BCUT2D eigenvalue weighted by Crippen LogP contribution is -2.05. The molecule has 2 aromatic heterocycles. The maximum Gasteiger partial charge on any atom is 0.172 e. The lowest BCUT2D eigenvalue weighted by atomic mass is 10.1. The van der Waals surface area contributed by atoms with E-state index in [1.54, 1.807) is 18.3 Å². The van der Waals surface area contributed by atoms with E-state index in [9.17, 15) is 0 Å². The number of nitrogens with zero attached hydrogens (tertiary/aromatic N) is 3. The van der Waals surface area contributed by atoms with Gasteiger partial charge < -0.3 is 15.2 Å². The molecule has 1 aliphatic heterocycles. The zero-order valence-corrected chi connectivity index (χ0v) is 12.2. The van der Waals surface area contributed by atoms with Crippen LogP contribution in [0.2, 0.25) is 0 Å². The van der Waals surface area contributed by atoms with Gasteiger partial charge >= 0.3 is 0 Å². The van der Waals surface area contributed by atoms with Crippen LogP contribution in [0.1, 0.15) is 31.0 Å². The van der Waals surface area contributed by atoms with Crippen molar-refractivity contribution >= 4 is 11.4 Å². The molecule has 0 spiro atoms. The highest BCUT2D eigenvalue weighted by molar-refractivity contribution is 5.68. The molecule has 1 saturated carbocycles. The molecule has 1 aliphatic carbocycles. The van der Waals surface area contributed by atoms with Gasteiger partial charge in [-0.05, 0) is 30.9 Å². The zero-order valence-electron chi connectivity index (χ0n) is 12.2. The van der Waals surface area contributed by atoms with Crippen LogP contribution in [-0.2, 0) is 4.74 Å². The Hall–Kier alpha value is -2.34. The fourth-order valence-electron chi connectivity index (χ4n) is 2.56. The zero-order chi connectivity index (χ0) is 14.9. The summed E-state index contributed by atoms with van der Waals surface area (Å²) in [6.45, 7) is 1.36. The molecule has 0 bridgehead atoms. The van der Waals surface area contributed by atoms with Crippen LogP contribution in [0, 0.1) is 0 Å². The molecule has 2 N–H and O–H groups in total. The van der Waals surface area contributed by atoms with E-state index in [1.165, 1.54) is 18.4 Å². The molecule has 2 aromatic rings. The van der Waals surface area contributed by atoms with E-state index >= 15 is 0 Å². The first-order valence-corrected chi connectivity index (χ1v) is 7.55. The second-order valence-corrected chi connectivity index (χ2v) is 5.63. The van der Waals surface area contributed by atoms with E-state index in [4.69, 9.17) is 20.3 Å². The third kappa shape index (κ3) is 2.69. The molecule has 0 atom stereocenters. The van der Waals surface area contributed by atoms with E-state index in [1.807, 2.05) is 10.9 Å². The van der Waals surface area contributed by atoms with Gasteiger partial charge in [0.15, 0.2) is 5.75 Å². The summed E-state index contributed by atoms with van der Waals surface area (Å²) in [4.78, 5) is 3.99. The standard InChI is InChI=1S/C16H18N4O2/c17-15-9-13(3-6-18-15)22-14-10-20(12-1-2-12)19-16(14)11-4-7-21-8-5-11/h3-4,6,9-10,12H,1-2,5,7-8H2,(H2,17,18). The first-order chi connectivity index (χ1) is 10.8. The fraction of sp³-hybridized carbons (Fsp3) is 0.375. The normalized spacial score (nSPS) is 18.1. The average Bonchev–Trinajstić information content (AvgIpc) is 3.30. The number of nitrogen functional groups attached to an aromatic ring is 1. The highest BCUT2D eigenvalue weighted by Gasteiger charge is 2.27. The highest BCUT2D eigenvalue weighted by atomic mass is 16.5. The molecular weight excluding hydrogens is 280 g/mol. The number of hydrogen-bond donors (Lipinski definition) is 1. The Morgan fingerprint density at radius 2 is 2.27 bits per heavy atom. The maximum atomic E-state index is 6.02. The molecule has 4 rings (SSSR count). The van der Waals surface area contributed by atoms with Gasteiger partial charge in [0.25, 0.3) is 0 Å². The Morgan fingerprint density at radius 3 is 3.00 bits per heavy atom. The predicted octanol–water partition coefficient (Wildman–Crippen LogP) is 2.79. The Kier molecular flexibility index (Phi) is 3.31. The van der Waals surface area contributed by atoms with Crippen molar-refractivity contribution in [2.24, 2.45) is 0 Å². The van der Waals surface area contributed by atoms with Gasteiger partial charge in [0.1, 0.15) is 17.3 Å². The Morgan fingerprint density at radius 1 is 1.36 bits per heavy atom. The minimum atomic E-state index is 0.443. The van der Waals surface area contributed by atoms with Gasteiger partial charge in [-0.3, -0.25) is 4.68 Å². The van der Waals surface area contributed by atoms with Crippen LogP contribution in [0.15, 0.2) is 30.6 Å². The molecule has 0 unspecified atom stereocenters. The predicted molar refractivity (Wildman–Crippen MR) is 82.6 cm³/mol. The van der Waals surface area contributed by atoms with Gasteiger partial charge in [-0.2, -0.15) is 5.10 Å². The molecule has 6 heteroatoms. The van der Waals surface area contributed by atoms with E-state index in [0.29, 0.717) is 24.2 Å². The summed E-state index contributed by atoms with van der Waals surface area (Å²) >= 11 is 0. The summed E-state index contributed by atoms with van der Waals surface area (Å²) in [5.41, 5.74) is 7.81. The Bertz CT molecular complexity index is 719. The third-order valence-corrected chi connectivity index (χ3v) is 3.87. The first-order valence-electron chi connectivity index (χ1n) is 7.55. The molecule has 0 amide bonds. The summed E-state index contributed by atoms with van der Waals surface area (Å²) in [6.07, 6.45) is 8.94. The van der Waals surface area contributed by atoms with Gasteiger partial charge in [-0.15, -0.1) is 0 Å². The Labute approximate surface area is 128 Å². The van der Waals surface area contributed by atoms with Crippen molar-refractivity contribution in [3.63, 3.8) is 0 Å². The minimum Gasteiger partial charge on any atom is -0.453 e. The maximum absolute atomic E-state index is 6.02. The molecule has 3 heterocycles. The molecule has 114 valence electrons. The van der Waals surface area contributed by atoms with Crippen molar-refractivity contribution in [3.8, 4) is 11.5 Å². The lowest BCUT2D eigenvalue weighted by molar-refractivity contribution is 0.161.